The summed E-state index contributed by atoms with van der Waals surface area (Å²) in [5.74, 6) is 1.18. The molecular weight excluding hydrogens is 254 g/mol. The maximum absolute atomic E-state index is 11.0. The second-order valence-electron chi connectivity index (χ2n) is 4.17. The molecule has 0 unspecified atom stereocenters. The van der Waals surface area contributed by atoms with Crippen molar-refractivity contribution in [1.29, 1.82) is 0 Å². The summed E-state index contributed by atoms with van der Waals surface area (Å²) in [6, 6.07) is 5.13. The normalized spacial score (nSPS) is 13.1. The van der Waals surface area contributed by atoms with Gasteiger partial charge in [0.05, 0.1) is 12.9 Å². The molecule has 1 aromatic rings. The minimum atomic E-state index is -3.03. The number of rotatable bonds is 6. The number of hydrogen-bond donors (Lipinski definition) is 1. The molecule has 6 heteroatoms. The second kappa shape index (κ2) is 6.06. The molecule has 0 spiro atoms. The van der Waals surface area contributed by atoms with Crippen LogP contribution < -0.4 is 15.2 Å². The lowest BCUT2D eigenvalue weighted by Crippen LogP contribution is -2.14. The SMILES string of the molecule is COc1ccc([C@@H](C)N)c(OCCS(C)(=O)=O)c1. The van der Waals surface area contributed by atoms with Gasteiger partial charge in [-0.3, -0.25) is 0 Å². The first-order valence-electron chi connectivity index (χ1n) is 5.57. The summed E-state index contributed by atoms with van der Waals surface area (Å²) in [5, 5.41) is 0. The van der Waals surface area contributed by atoms with Gasteiger partial charge >= 0.3 is 0 Å². The van der Waals surface area contributed by atoms with E-state index < -0.39 is 9.84 Å². The number of methoxy groups -OCH3 is 1. The minimum Gasteiger partial charge on any atom is -0.497 e. The Balaban J connectivity index is 2.84. The lowest BCUT2D eigenvalue weighted by Gasteiger charge is -2.15. The van der Waals surface area contributed by atoms with Crippen molar-refractivity contribution in [2.75, 3.05) is 25.7 Å². The maximum atomic E-state index is 11.0. The standard InChI is InChI=1S/C12H19NO4S/c1-9(13)11-5-4-10(16-2)8-12(11)17-6-7-18(3,14)15/h4-5,8-9H,6-7,13H2,1-3H3/t9-/m1/s1. The van der Waals surface area contributed by atoms with E-state index in [9.17, 15) is 8.42 Å². The van der Waals surface area contributed by atoms with Crippen molar-refractivity contribution in [3.8, 4) is 11.5 Å². The van der Waals surface area contributed by atoms with Crippen LogP contribution in [0, 0.1) is 0 Å². The van der Waals surface area contributed by atoms with Crippen LogP contribution in [0.4, 0.5) is 0 Å². The summed E-state index contributed by atoms with van der Waals surface area (Å²) in [5.41, 5.74) is 6.65. The van der Waals surface area contributed by atoms with Gasteiger partial charge in [0, 0.05) is 23.9 Å². The highest BCUT2D eigenvalue weighted by molar-refractivity contribution is 7.90. The van der Waals surface area contributed by atoms with Gasteiger partial charge in [-0.1, -0.05) is 6.07 Å². The van der Waals surface area contributed by atoms with Crippen LogP contribution in [0.5, 0.6) is 11.5 Å². The molecule has 0 fully saturated rings. The number of hydrogen-bond acceptors (Lipinski definition) is 5. The minimum absolute atomic E-state index is 0.0252. The molecule has 1 aromatic carbocycles. The number of benzene rings is 1. The Bertz CT molecular complexity index is 497. The van der Waals surface area contributed by atoms with Gasteiger partial charge in [0.1, 0.15) is 18.1 Å². The largest absolute Gasteiger partial charge is 0.497 e. The lowest BCUT2D eigenvalue weighted by molar-refractivity contribution is 0.331. The molecule has 0 saturated carbocycles. The van der Waals surface area contributed by atoms with Gasteiger partial charge in [0.15, 0.2) is 9.84 Å². The highest BCUT2D eigenvalue weighted by atomic mass is 32.2. The van der Waals surface area contributed by atoms with E-state index in [0.29, 0.717) is 11.5 Å². The van der Waals surface area contributed by atoms with Crippen LogP contribution in [0.15, 0.2) is 18.2 Å². The fraction of sp³-hybridized carbons (Fsp3) is 0.500. The van der Waals surface area contributed by atoms with E-state index in [2.05, 4.69) is 0 Å². The van der Waals surface area contributed by atoms with E-state index in [1.54, 1.807) is 19.2 Å². The van der Waals surface area contributed by atoms with E-state index >= 15 is 0 Å². The van der Waals surface area contributed by atoms with Crippen LogP contribution in [-0.2, 0) is 9.84 Å². The molecule has 0 aliphatic heterocycles. The van der Waals surface area contributed by atoms with Crippen LogP contribution >= 0.6 is 0 Å². The van der Waals surface area contributed by atoms with Crippen molar-refractivity contribution in [1.82, 2.24) is 0 Å². The molecule has 0 radical (unpaired) electrons. The third-order valence-electron chi connectivity index (χ3n) is 2.42. The molecule has 5 nitrogen and oxygen atoms in total. The lowest BCUT2D eigenvalue weighted by atomic mass is 10.1. The molecule has 1 atom stereocenters. The van der Waals surface area contributed by atoms with Crippen LogP contribution in [-0.4, -0.2) is 34.1 Å². The fourth-order valence-corrected chi connectivity index (χ4v) is 1.83. The second-order valence-corrected chi connectivity index (χ2v) is 6.43. The van der Waals surface area contributed by atoms with Gasteiger partial charge in [-0.2, -0.15) is 0 Å². The van der Waals surface area contributed by atoms with Crippen LogP contribution in [0.2, 0.25) is 0 Å². The Morgan fingerprint density at radius 1 is 1.39 bits per heavy atom. The Morgan fingerprint density at radius 3 is 2.56 bits per heavy atom. The van der Waals surface area contributed by atoms with Crippen molar-refractivity contribution in [3.05, 3.63) is 23.8 Å². The van der Waals surface area contributed by atoms with Crippen LogP contribution in [0.1, 0.15) is 18.5 Å². The molecule has 0 aliphatic carbocycles. The highest BCUT2D eigenvalue weighted by Gasteiger charge is 2.11. The quantitative estimate of drug-likeness (QED) is 0.840. The smallest absolute Gasteiger partial charge is 0.150 e. The van der Waals surface area contributed by atoms with Gasteiger partial charge in [-0.25, -0.2) is 8.42 Å². The van der Waals surface area contributed by atoms with Gasteiger partial charge in [-0.15, -0.1) is 0 Å². The van der Waals surface area contributed by atoms with Gasteiger partial charge in [-0.05, 0) is 13.0 Å². The van der Waals surface area contributed by atoms with Crippen molar-refractivity contribution in [2.45, 2.75) is 13.0 Å². The predicted octanol–water partition coefficient (Wildman–Crippen LogP) is 1.14. The van der Waals surface area contributed by atoms with E-state index in [0.717, 1.165) is 5.56 Å². The Hall–Kier alpha value is -1.27. The molecule has 0 saturated heterocycles. The average molecular weight is 273 g/mol. The van der Waals surface area contributed by atoms with E-state index in [1.807, 2.05) is 13.0 Å². The van der Waals surface area contributed by atoms with Gasteiger partial charge in [0.2, 0.25) is 0 Å². The summed E-state index contributed by atoms with van der Waals surface area (Å²) >= 11 is 0. The Labute approximate surface area is 108 Å². The Kier molecular flexibility index (Phi) is 4.98. The van der Waals surface area contributed by atoms with E-state index in [-0.39, 0.29) is 18.4 Å². The summed E-state index contributed by atoms with van der Waals surface area (Å²) in [6.45, 7) is 1.94. The zero-order chi connectivity index (χ0) is 13.8. The van der Waals surface area contributed by atoms with Crippen molar-refractivity contribution >= 4 is 9.84 Å². The highest BCUT2D eigenvalue weighted by Crippen LogP contribution is 2.28. The third-order valence-corrected chi connectivity index (χ3v) is 3.33. The van der Waals surface area contributed by atoms with Gasteiger partial charge in [0.25, 0.3) is 0 Å². The molecule has 2 N–H and O–H groups in total. The molecule has 0 amide bonds. The molecule has 1 rings (SSSR count). The average Bonchev–Trinajstić information content (AvgIpc) is 2.26. The summed E-state index contributed by atoms with van der Waals surface area (Å²) in [6.07, 6.45) is 1.18. The summed E-state index contributed by atoms with van der Waals surface area (Å²) in [4.78, 5) is 0. The molecule has 0 aliphatic rings. The number of sulfone groups is 1. The van der Waals surface area contributed by atoms with Crippen molar-refractivity contribution in [3.63, 3.8) is 0 Å². The first kappa shape index (κ1) is 14.8. The number of ether oxygens (including phenoxy) is 2. The predicted molar refractivity (Wildman–Crippen MR) is 70.8 cm³/mol. The van der Waals surface area contributed by atoms with E-state index in [4.69, 9.17) is 15.2 Å². The van der Waals surface area contributed by atoms with Gasteiger partial charge < -0.3 is 15.2 Å². The van der Waals surface area contributed by atoms with Crippen LogP contribution in [0.25, 0.3) is 0 Å². The van der Waals surface area contributed by atoms with E-state index in [1.165, 1.54) is 6.26 Å². The monoisotopic (exact) mass is 273 g/mol. The zero-order valence-corrected chi connectivity index (χ0v) is 11.7. The van der Waals surface area contributed by atoms with Crippen LogP contribution in [0.3, 0.4) is 0 Å². The molecule has 0 aromatic heterocycles. The molecular formula is C12H19NO4S. The fourth-order valence-electron chi connectivity index (χ4n) is 1.45. The summed E-state index contributed by atoms with van der Waals surface area (Å²) < 4.78 is 32.6. The van der Waals surface area contributed by atoms with Crippen molar-refractivity contribution in [2.24, 2.45) is 5.73 Å². The summed E-state index contributed by atoms with van der Waals surface area (Å²) in [7, 11) is -1.47. The first-order chi connectivity index (χ1) is 8.33. The molecule has 0 bridgehead atoms. The number of nitrogens with two attached hydrogens (primary N) is 1. The zero-order valence-electron chi connectivity index (χ0n) is 10.8. The molecule has 102 valence electrons. The Morgan fingerprint density at radius 2 is 2.06 bits per heavy atom. The molecule has 0 heterocycles. The maximum Gasteiger partial charge on any atom is 0.150 e. The third kappa shape index (κ3) is 4.54. The molecule has 18 heavy (non-hydrogen) atoms. The first-order valence-corrected chi connectivity index (χ1v) is 7.63. The topological polar surface area (TPSA) is 78.6 Å². The van der Waals surface area contributed by atoms with Crippen molar-refractivity contribution < 1.29 is 17.9 Å².